The normalized spacial score (nSPS) is 45.2. The summed E-state index contributed by atoms with van der Waals surface area (Å²) < 4.78 is 5.04. The lowest BCUT2D eigenvalue weighted by Crippen LogP contribution is -2.53. The lowest BCUT2D eigenvalue weighted by Gasteiger charge is -2.39. The predicted molar refractivity (Wildman–Crippen MR) is 49.7 cm³/mol. The molecule has 0 amide bonds. The molecule has 0 radical (unpaired) electrons. The summed E-state index contributed by atoms with van der Waals surface area (Å²) in [6.07, 6.45) is -1.64. The van der Waals surface area contributed by atoms with E-state index in [0.717, 1.165) is 0 Å². The zero-order valence-electron chi connectivity index (χ0n) is 8.33. The van der Waals surface area contributed by atoms with Gasteiger partial charge in [0, 0.05) is 5.92 Å². The first-order chi connectivity index (χ1) is 7.06. The van der Waals surface area contributed by atoms with Gasteiger partial charge in [-0.2, -0.15) is 0 Å². The molecule has 5 nitrogen and oxygen atoms in total. The zero-order valence-corrected chi connectivity index (χ0v) is 8.33. The van der Waals surface area contributed by atoms with Crippen LogP contribution in [0, 0.1) is 11.8 Å². The molecule has 1 heterocycles. The molecule has 1 aliphatic carbocycles. The molecule has 5 unspecified atom stereocenters. The maximum absolute atomic E-state index is 11.6. The van der Waals surface area contributed by atoms with Crippen molar-refractivity contribution in [2.24, 2.45) is 11.8 Å². The number of carbonyl (C=O) groups excluding carboxylic acids is 1. The molecule has 0 aromatic carbocycles. The molecule has 0 aromatic heterocycles. The summed E-state index contributed by atoms with van der Waals surface area (Å²) >= 11 is 0. The van der Waals surface area contributed by atoms with Gasteiger partial charge in [0.05, 0.1) is 18.6 Å². The summed E-state index contributed by atoms with van der Waals surface area (Å²) in [4.78, 5) is 11.6. The number of aliphatic hydroxyl groups excluding tert-OH is 3. The van der Waals surface area contributed by atoms with Gasteiger partial charge in [0.1, 0.15) is 6.10 Å². The standard InChI is InChI=1S/C10H14O5/c1-4-2-5(12)8-7(4)10(14)15-6(3-11)9(8)13/h2,6-11,13-14H,3H2,1H3. The minimum absolute atomic E-state index is 0.203. The van der Waals surface area contributed by atoms with E-state index in [2.05, 4.69) is 0 Å². The average Bonchev–Trinajstić information content (AvgIpc) is 2.48. The lowest BCUT2D eigenvalue weighted by molar-refractivity contribution is -0.242. The zero-order chi connectivity index (χ0) is 11.2. The lowest BCUT2D eigenvalue weighted by atomic mass is 9.81. The molecule has 0 saturated carbocycles. The molecule has 1 saturated heterocycles. The van der Waals surface area contributed by atoms with Crippen LogP contribution in [0.15, 0.2) is 11.6 Å². The third-order valence-electron chi connectivity index (χ3n) is 3.16. The molecule has 1 fully saturated rings. The topological polar surface area (TPSA) is 87.0 Å². The Kier molecular flexibility index (Phi) is 2.64. The highest BCUT2D eigenvalue weighted by atomic mass is 16.6. The van der Waals surface area contributed by atoms with E-state index in [0.29, 0.717) is 5.57 Å². The van der Waals surface area contributed by atoms with Gasteiger partial charge in [0.25, 0.3) is 0 Å². The predicted octanol–water partition coefficient (Wildman–Crippen LogP) is -1.18. The second kappa shape index (κ2) is 3.68. The van der Waals surface area contributed by atoms with Crippen LogP contribution in [-0.2, 0) is 9.53 Å². The summed E-state index contributed by atoms with van der Waals surface area (Å²) in [5.41, 5.74) is 0.716. The Morgan fingerprint density at radius 1 is 1.40 bits per heavy atom. The number of fused-ring (bicyclic) bond motifs is 1. The van der Waals surface area contributed by atoms with E-state index in [1.165, 1.54) is 6.08 Å². The fourth-order valence-corrected chi connectivity index (χ4v) is 2.39. The molecule has 1 aliphatic heterocycles. The summed E-state index contributed by atoms with van der Waals surface area (Å²) in [7, 11) is 0. The van der Waals surface area contributed by atoms with Crippen LogP contribution in [0.5, 0.6) is 0 Å². The van der Waals surface area contributed by atoms with Crippen molar-refractivity contribution in [3.8, 4) is 0 Å². The van der Waals surface area contributed by atoms with Crippen molar-refractivity contribution in [2.45, 2.75) is 25.4 Å². The number of aliphatic hydroxyl groups is 3. The number of allylic oxidation sites excluding steroid dienone is 1. The van der Waals surface area contributed by atoms with Crippen molar-refractivity contribution in [3.63, 3.8) is 0 Å². The third kappa shape index (κ3) is 1.52. The first-order valence-corrected chi connectivity index (χ1v) is 4.90. The maximum atomic E-state index is 11.6. The molecule has 3 N–H and O–H groups in total. The molecule has 5 atom stereocenters. The molecular formula is C10H14O5. The minimum Gasteiger partial charge on any atom is -0.394 e. The number of hydrogen-bond acceptors (Lipinski definition) is 5. The van der Waals surface area contributed by atoms with E-state index in [-0.39, 0.29) is 5.78 Å². The Balaban J connectivity index is 2.28. The van der Waals surface area contributed by atoms with Gasteiger partial charge in [-0.05, 0) is 13.0 Å². The second-order valence-corrected chi connectivity index (χ2v) is 4.08. The number of ketones is 1. The minimum atomic E-state index is -1.13. The molecule has 2 rings (SSSR count). The monoisotopic (exact) mass is 214 g/mol. The molecule has 2 aliphatic rings. The van der Waals surface area contributed by atoms with Crippen LogP contribution in [-0.4, -0.2) is 46.2 Å². The van der Waals surface area contributed by atoms with E-state index < -0.39 is 36.9 Å². The third-order valence-corrected chi connectivity index (χ3v) is 3.16. The van der Waals surface area contributed by atoms with Gasteiger partial charge in [-0.3, -0.25) is 4.79 Å². The van der Waals surface area contributed by atoms with E-state index in [4.69, 9.17) is 9.84 Å². The summed E-state index contributed by atoms with van der Waals surface area (Å²) in [6, 6.07) is 0. The Hall–Kier alpha value is -0.750. The molecular weight excluding hydrogens is 200 g/mol. The van der Waals surface area contributed by atoms with Gasteiger partial charge in [-0.15, -0.1) is 0 Å². The Morgan fingerprint density at radius 2 is 2.07 bits per heavy atom. The highest BCUT2D eigenvalue weighted by molar-refractivity contribution is 5.96. The Bertz CT molecular complexity index is 311. The average molecular weight is 214 g/mol. The van der Waals surface area contributed by atoms with Crippen LogP contribution >= 0.6 is 0 Å². The smallest absolute Gasteiger partial charge is 0.162 e. The first-order valence-electron chi connectivity index (χ1n) is 4.90. The van der Waals surface area contributed by atoms with Gasteiger partial charge in [0.15, 0.2) is 12.1 Å². The summed E-state index contributed by atoms with van der Waals surface area (Å²) in [5, 5.41) is 28.4. The van der Waals surface area contributed by atoms with E-state index in [1.807, 2.05) is 0 Å². The van der Waals surface area contributed by atoms with Crippen LogP contribution in [0.3, 0.4) is 0 Å². The van der Waals surface area contributed by atoms with Gasteiger partial charge in [0.2, 0.25) is 0 Å². The summed E-state index contributed by atoms with van der Waals surface area (Å²) in [6.45, 7) is 1.31. The maximum Gasteiger partial charge on any atom is 0.162 e. The Labute approximate surface area is 87.0 Å². The van der Waals surface area contributed by atoms with Gasteiger partial charge < -0.3 is 20.1 Å². The van der Waals surface area contributed by atoms with Crippen LogP contribution in [0.4, 0.5) is 0 Å². The van der Waals surface area contributed by atoms with Crippen molar-refractivity contribution < 1.29 is 24.9 Å². The molecule has 0 bridgehead atoms. The van der Waals surface area contributed by atoms with Crippen LogP contribution in [0.25, 0.3) is 0 Å². The van der Waals surface area contributed by atoms with Crippen molar-refractivity contribution in [3.05, 3.63) is 11.6 Å². The van der Waals surface area contributed by atoms with Crippen molar-refractivity contribution in [2.75, 3.05) is 6.61 Å². The van der Waals surface area contributed by atoms with Gasteiger partial charge in [-0.1, -0.05) is 5.57 Å². The fourth-order valence-electron chi connectivity index (χ4n) is 2.39. The van der Waals surface area contributed by atoms with Crippen LogP contribution in [0.1, 0.15) is 6.92 Å². The number of hydrogen-bond donors (Lipinski definition) is 3. The highest BCUT2D eigenvalue weighted by Crippen LogP contribution is 2.39. The van der Waals surface area contributed by atoms with Crippen molar-refractivity contribution in [1.29, 1.82) is 0 Å². The largest absolute Gasteiger partial charge is 0.394 e. The Morgan fingerprint density at radius 3 is 2.67 bits per heavy atom. The summed E-state index contributed by atoms with van der Waals surface area (Å²) in [5.74, 6) is -1.35. The molecule has 15 heavy (non-hydrogen) atoms. The molecule has 0 spiro atoms. The van der Waals surface area contributed by atoms with Gasteiger partial charge >= 0.3 is 0 Å². The van der Waals surface area contributed by atoms with Crippen LogP contribution in [0.2, 0.25) is 0 Å². The van der Waals surface area contributed by atoms with Gasteiger partial charge in [-0.25, -0.2) is 0 Å². The number of ether oxygens (including phenoxy) is 1. The van der Waals surface area contributed by atoms with Crippen LogP contribution < -0.4 is 0 Å². The van der Waals surface area contributed by atoms with E-state index in [1.54, 1.807) is 6.92 Å². The van der Waals surface area contributed by atoms with E-state index >= 15 is 0 Å². The molecule has 0 aromatic rings. The second-order valence-electron chi connectivity index (χ2n) is 4.08. The molecule has 84 valence electrons. The SMILES string of the molecule is CC1=CC(=O)C2C(O)C(CO)OC(O)C12. The first kappa shape index (κ1) is 10.8. The van der Waals surface area contributed by atoms with E-state index in [9.17, 15) is 15.0 Å². The number of rotatable bonds is 1. The quantitative estimate of drug-likeness (QED) is 0.511. The fraction of sp³-hybridized carbons (Fsp3) is 0.700. The van der Waals surface area contributed by atoms with Crippen molar-refractivity contribution >= 4 is 5.78 Å². The van der Waals surface area contributed by atoms with Crippen molar-refractivity contribution in [1.82, 2.24) is 0 Å². The molecule has 5 heteroatoms. The highest BCUT2D eigenvalue weighted by Gasteiger charge is 2.50. The number of carbonyl (C=O) groups is 1.